The van der Waals surface area contributed by atoms with Gasteiger partial charge in [0.25, 0.3) is 5.22 Å². The number of carbonyl (C=O) groups is 1. The molecule has 0 bridgehead atoms. The van der Waals surface area contributed by atoms with Crippen molar-refractivity contribution in [2.75, 3.05) is 24.2 Å². The van der Waals surface area contributed by atoms with Crippen LogP contribution in [0.5, 0.6) is 0 Å². The largest absolute Gasteiger partial charge is 0.431 e. The summed E-state index contributed by atoms with van der Waals surface area (Å²) in [6.45, 7) is 4.19. The van der Waals surface area contributed by atoms with E-state index < -0.39 is 33.3 Å². The molecule has 1 heterocycles. The van der Waals surface area contributed by atoms with Crippen LogP contribution in [0.4, 0.5) is 14.5 Å². The number of oxazole rings is 1. The van der Waals surface area contributed by atoms with Crippen LogP contribution in [-0.2, 0) is 14.8 Å². The maximum absolute atomic E-state index is 13.6. The summed E-state index contributed by atoms with van der Waals surface area (Å²) < 4.78 is 59.3. The number of halogens is 2. The molecule has 0 saturated heterocycles. The third-order valence-corrected chi connectivity index (χ3v) is 7.11. The van der Waals surface area contributed by atoms with Crippen molar-refractivity contribution in [1.82, 2.24) is 9.29 Å². The maximum Gasteiger partial charge on any atom is 0.257 e. The lowest BCUT2D eigenvalue weighted by molar-refractivity contribution is -0.113. The van der Waals surface area contributed by atoms with E-state index in [9.17, 15) is 22.0 Å². The van der Waals surface area contributed by atoms with E-state index in [2.05, 4.69) is 10.3 Å². The van der Waals surface area contributed by atoms with Crippen LogP contribution in [0, 0.1) is 11.6 Å². The monoisotopic (exact) mass is 455 g/mol. The SMILES string of the molecule is CCN(CC)S(=O)(=O)c1ccc2oc(SCC(=O)Nc3c(F)cccc3F)nc2c1. The Morgan fingerprint density at radius 3 is 2.47 bits per heavy atom. The minimum absolute atomic E-state index is 0.0938. The van der Waals surface area contributed by atoms with Crippen molar-refractivity contribution in [3.8, 4) is 0 Å². The second kappa shape index (κ2) is 9.11. The fourth-order valence-electron chi connectivity index (χ4n) is 2.74. The van der Waals surface area contributed by atoms with Gasteiger partial charge in [0.05, 0.1) is 10.6 Å². The standard InChI is InChI=1S/C19H19F2N3O4S2/c1-3-24(4-2)30(26,27)12-8-9-16-15(10-12)22-19(28-16)29-11-17(25)23-18-13(20)6-5-7-14(18)21/h5-10H,3-4,11H2,1-2H3,(H,23,25). The van der Waals surface area contributed by atoms with Gasteiger partial charge in [-0.15, -0.1) is 0 Å². The summed E-state index contributed by atoms with van der Waals surface area (Å²) in [5, 5.41) is 2.30. The lowest BCUT2D eigenvalue weighted by atomic mass is 10.3. The van der Waals surface area contributed by atoms with Gasteiger partial charge in [0.1, 0.15) is 22.8 Å². The Labute approximate surface area is 176 Å². The van der Waals surface area contributed by atoms with Crippen LogP contribution in [0.1, 0.15) is 13.8 Å². The predicted molar refractivity (Wildman–Crippen MR) is 110 cm³/mol. The Bertz CT molecular complexity index is 1160. The highest BCUT2D eigenvalue weighted by Gasteiger charge is 2.23. The van der Waals surface area contributed by atoms with E-state index in [-0.39, 0.29) is 15.9 Å². The number of benzene rings is 2. The Balaban J connectivity index is 1.73. The van der Waals surface area contributed by atoms with Crippen LogP contribution in [0.25, 0.3) is 11.1 Å². The molecule has 0 aliphatic carbocycles. The fourth-order valence-corrected chi connectivity index (χ4v) is 4.86. The molecule has 30 heavy (non-hydrogen) atoms. The zero-order valence-electron chi connectivity index (χ0n) is 16.2. The number of rotatable bonds is 8. The molecule has 1 aromatic heterocycles. The van der Waals surface area contributed by atoms with E-state index >= 15 is 0 Å². The molecule has 0 spiro atoms. The normalized spacial score (nSPS) is 11.9. The van der Waals surface area contributed by atoms with E-state index in [0.29, 0.717) is 24.2 Å². The number of fused-ring (bicyclic) bond motifs is 1. The first-order valence-electron chi connectivity index (χ1n) is 9.03. The quantitative estimate of drug-likeness (QED) is 0.519. The third-order valence-electron chi connectivity index (χ3n) is 4.24. The summed E-state index contributed by atoms with van der Waals surface area (Å²) in [4.78, 5) is 16.3. The Morgan fingerprint density at radius 2 is 1.83 bits per heavy atom. The van der Waals surface area contributed by atoms with Gasteiger partial charge in [-0.1, -0.05) is 31.7 Å². The Kier molecular flexibility index (Phi) is 6.74. The van der Waals surface area contributed by atoms with E-state index in [1.807, 2.05) is 0 Å². The van der Waals surface area contributed by atoms with Crippen LogP contribution in [-0.4, -0.2) is 42.5 Å². The number of amides is 1. The number of carbonyl (C=O) groups excluding carboxylic acids is 1. The fraction of sp³-hybridized carbons (Fsp3) is 0.263. The number of nitrogens with one attached hydrogen (secondary N) is 1. The van der Waals surface area contributed by atoms with Gasteiger partial charge in [-0.3, -0.25) is 4.79 Å². The number of aromatic nitrogens is 1. The second-order valence-electron chi connectivity index (χ2n) is 6.13. The average molecular weight is 456 g/mol. The van der Waals surface area contributed by atoms with Gasteiger partial charge in [-0.25, -0.2) is 22.2 Å². The molecule has 0 saturated carbocycles. The van der Waals surface area contributed by atoms with Crippen molar-refractivity contribution in [2.24, 2.45) is 0 Å². The molecule has 0 aliphatic heterocycles. The number of nitrogens with zero attached hydrogens (tertiary/aromatic N) is 2. The second-order valence-corrected chi connectivity index (χ2v) is 9.00. The van der Waals surface area contributed by atoms with Crippen LogP contribution in [0.2, 0.25) is 0 Å². The molecule has 0 aliphatic rings. The molecule has 1 amide bonds. The molecule has 3 rings (SSSR count). The molecule has 0 atom stereocenters. The minimum atomic E-state index is -3.64. The van der Waals surface area contributed by atoms with Crippen molar-refractivity contribution >= 4 is 44.5 Å². The summed E-state index contributed by atoms with van der Waals surface area (Å²) in [6.07, 6.45) is 0. The third kappa shape index (κ3) is 4.63. The lowest BCUT2D eigenvalue weighted by Gasteiger charge is -2.18. The maximum atomic E-state index is 13.6. The predicted octanol–water partition coefficient (Wildman–Crippen LogP) is 3.87. The number of hydrogen-bond donors (Lipinski definition) is 1. The first-order chi connectivity index (χ1) is 14.3. The summed E-state index contributed by atoms with van der Waals surface area (Å²) in [6, 6.07) is 7.61. The first kappa shape index (κ1) is 22.2. The highest BCUT2D eigenvalue weighted by molar-refractivity contribution is 7.99. The minimum Gasteiger partial charge on any atom is -0.431 e. The molecular formula is C19H19F2N3O4S2. The van der Waals surface area contributed by atoms with Crippen molar-refractivity contribution in [3.05, 3.63) is 48.0 Å². The highest BCUT2D eigenvalue weighted by atomic mass is 32.2. The number of para-hydroxylation sites is 1. The smallest absolute Gasteiger partial charge is 0.257 e. The summed E-state index contributed by atoms with van der Waals surface area (Å²) in [5.74, 6) is -2.60. The van der Waals surface area contributed by atoms with Crippen LogP contribution in [0.15, 0.2) is 50.9 Å². The molecule has 0 fully saturated rings. The lowest BCUT2D eigenvalue weighted by Crippen LogP contribution is -2.30. The molecule has 11 heteroatoms. The van der Waals surface area contributed by atoms with E-state index in [0.717, 1.165) is 23.9 Å². The molecule has 2 aromatic carbocycles. The van der Waals surface area contributed by atoms with Crippen LogP contribution < -0.4 is 5.32 Å². The highest BCUT2D eigenvalue weighted by Crippen LogP contribution is 2.27. The molecule has 0 unspecified atom stereocenters. The van der Waals surface area contributed by atoms with Gasteiger partial charge in [-0.05, 0) is 30.3 Å². The van der Waals surface area contributed by atoms with Crippen molar-refractivity contribution in [2.45, 2.75) is 24.0 Å². The molecule has 7 nitrogen and oxygen atoms in total. The van der Waals surface area contributed by atoms with Crippen molar-refractivity contribution < 1.29 is 26.4 Å². The Hall–Kier alpha value is -2.50. The summed E-state index contributed by atoms with van der Waals surface area (Å²) in [5.41, 5.74) is 0.162. The molecule has 1 N–H and O–H groups in total. The zero-order chi connectivity index (χ0) is 21.9. The Morgan fingerprint density at radius 1 is 1.17 bits per heavy atom. The van der Waals surface area contributed by atoms with Gasteiger partial charge in [-0.2, -0.15) is 4.31 Å². The summed E-state index contributed by atoms with van der Waals surface area (Å²) in [7, 11) is -3.64. The number of thioether (sulfide) groups is 1. The molecule has 160 valence electrons. The summed E-state index contributed by atoms with van der Waals surface area (Å²) >= 11 is 0.919. The van der Waals surface area contributed by atoms with Crippen molar-refractivity contribution in [3.63, 3.8) is 0 Å². The van der Waals surface area contributed by atoms with Gasteiger partial charge in [0.15, 0.2) is 5.58 Å². The van der Waals surface area contributed by atoms with Gasteiger partial charge >= 0.3 is 0 Å². The number of anilines is 1. The van der Waals surface area contributed by atoms with Gasteiger partial charge < -0.3 is 9.73 Å². The topological polar surface area (TPSA) is 92.5 Å². The molecular weight excluding hydrogens is 436 g/mol. The molecule has 0 radical (unpaired) electrons. The van der Waals surface area contributed by atoms with Crippen LogP contribution >= 0.6 is 11.8 Å². The first-order valence-corrected chi connectivity index (χ1v) is 11.5. The van der Waals surface area contributed by atoms with E-state index in [4.69, 9.17) is 4.42 Å². The van der Waals surface area contributed by atoms with Gasteiger partial charge in [0, 0.05) is 13.1 Å². The number of hydrogen-bond acceptors (Lipinski definition) is 6. The van der Waals surface area contributed by atoms with Gasteiger partial charge in [0.2, 0.25) is 15.9 Å². The van der Waals surface area contributed by atoms with Crippen LogP contribution in [0.3, 0.4) is 0 Å². The van der Waals surface area contributed by atoms with E-state index in [1.54, 1.807) is 13.8 Å². The number of sulfonamides is 1. The van der Waals surface area contributed by atoms with Crippen molar-refractivity contribution in [1.29, 1.82) is 0 Å². The molecule has 3 aromatic rings. The average Bonchev–Trinajstić information content (AvgIpc) is 3.12. The van der Waals surface area contributed by atoms with E-state index in [1.165, 1.54) is 28.6 Å². The zero-order valence-corrected chi connectivity index (χ0v) is 17.8.